The summed E-state index contributed by atoms with van der Waals surface area (Å²) in [6.07, 6.45) is 6.66. The topological polar surface area (TPSA) is 64.0 Å². The van der Waals surface area contributed by atoms with Gasteiger partial charge in [-0.15, -0.1) is 0 Å². The Morgan fingerprint density at radius 1 is 1.08 bits per heavy atom. The van der Waals surface area contributed by atoms with Crippen molar-refractivity contribution in [1.29, 1.82) is 0 Å². The van der Waals surface area contributed by atoms with Crippen LogP contribution in [0.25, 0.3) is 11.8 Å². The van der Waals surface area contributed by atoms with Crippen molar-refractivity contribution in [3.05, 3.63) is 84.2 Å². The van der Waals surface area contributed by atoms with Crippen molar-refractivity contribution in [3.63, 3.8) is 0 Å². The zero-order chi connectivity index (χ0) is 17.6. The fourth-order valence-electron chi connectivity index (χ4n) is 2.32. The molecule has 0 aliphatic carbocycles. The molecule has 0 fully saturated rings. The number of hydrogen-bond donors (Lipinski definition) is 1. The van der Waals surface area contributed by atoms with Crippen LogP contribution < -0.4 is 5.32 Å². The Labute approximate surface area is 145 Å². The molecule has 5 nitrogen and oxygen atoms in total. The SMILES string of the molecule is CC(=O)c1cccc(NC(=O)C=Cc2cnn(-c3ccccc3)c2)c1. The standard InChI is InChI=1S/C20H17N3O2/c1-15(24)17-6-5-7-18(12-17)22-20(25)11-10-16-13-21-23(14-16)19-8-3-2-4-9-19/h2-14H,1H3,(H,22,25). The molecule has 3 aromatic rings. The number of carbonyl (C=O) groups excluding carboxylic acids is 2. The second kappa shape index (κ2) is 7.40. The van der Waals surface area contributed by atoms with Crippen LogP contribution in [-0.4, -0.2) is 21.5 Å². The molecule has 25 heavy (non-hydrogen) atoms. The lowest BCUT2D eigenvalue weighted by Gasteiger charge is -2.03. The van der Waals surface area contributed by atoms with E-state index < -0.39 is 0 Å². The molecule has 1 aromatic heterocycles. The molecule has 0 spiro atoms. The maximum absolute atomic E-state index is 12.0. The van der Waals surface area contributed by atoms with Crippen LogP contribution in [0.15, 0.2) is 73.1 Å². The lowest BCUT2D eigenvalue weighted by molar-refractivity contribution is -0.111. The van der Waals surface area contributed by atoms with E-state index >= 15 is 0 Å². The van der Waals surface area contributed by atoms with Crippen molar-refractivity contribution < 1.29 is 9.59 Å². The van der Waals surface area contributed by atoms with Crippen molar-refractivity contribution in [2.75, 3.05) is 5.32 Å². The van der Waals surface area contributed by atoms with Crippen molar-refractivity contribution in [2.45, 2.75) is 6.92 Å². The number of hydrogen-bond acceptors (Lipinski definition) is 3. The Bertz CT molecular complexity index is 927. The molecule has 3 rings (SSSR count). The van der Waals surface area contributed by atoms with Gasteiger partial charge in [0.15, 0.2) is 5.78 Å². The van der Waals surface area contributed by atoms with E-state index in [9.17, 15) is 9.59 Å². The first-order valence-electron chi connectivity index (χ1n) is 7.82. The van der Waals surface area contributed by atoms with Crippen LogP contribution in [-0.2, 0) is 4.79 Å². The zero-order valence-corrected chi connectivity index (χ0v) is 13.7. The minimum absolute atomic E-state index is 0.0417. The van der Waals surface area contributed by atoms with Crippen LogP contribution in [0.4, 0.5) is 5.69 Å². The number of nitrogens with one attached hydrogen (secondary N) is 1. The van der Waals surface area contributed by atoms with E-state index in [0.29, 0.717) is 11.3 Å². The van der Waals surface area contributed by atoms with Gasteiger partial charge in [-0.3, -0.25) is 9.59 Å². The molecule has 5 heteroatoms. The van der Waals surface area contributed by atoms with Gasteiger partial charge in [0.2, 0.25) is 5.91 Å². The minimum Gasteiger partial charge on any atom is -0.322 e. The van der Waals surface area contributed by atoms with E-state index in [1.165, 1.54) is 13.0 Å². The second-order valence-corrected chi connectivity index (χ2v) is 5.51. The third-order valence-electron chi connectivity index (χ3n) is 3.59. The van der Waals surface area contributed by atoms with Crippen LogP contribution in [0.2, 0.25) is 0 Å². The fraction of sp³-hybridized carbons (Fsp3) is 0.0500. The van der Waals surface area contributed by atoms with Gasteiger partial charge in [-0.2, -0.15) is 5.10 Å². The Balaban J connectivity index is 1.66. The monoisotopic (exact) mass is 331 g/mol. The normalized spacial score (nSPS) is 10.8. The van der Waals surface area contributed by atoms with Crippen LogP contribution in [0.5, 0.6) is 0 Å². The summed E-state index contributed by atoms with van der Waals surface area (Å²) in [6, 6.07) is 16.6. The first-order valence-corrected chi connectivity index (χ1v) is 7.82. The number of nitrogens with zero attached hydrogens (tertiary/aromatic N) is 2. The lowest BCUT2D eigenvalue weighted by atomic mass is 10.1. The number of benzene rings is 2. The first-order chi connectivity index (χ1) is 12.1. The molecule has 1 N–H and O–H groups in total. The number of Topliss-reactive ketones (excluding diaryl/α,β-unsaturated/α-hetero) is 1. The smallest absolute Gasteiger partial charge is 0.248 e. The van der Waals surface area contributed by atoms with Gasteiger partial charge >= 0.3 is 0 Å². The predicted octanol–water partition coefficient (Wildman–Crippen LogP) is 3.73. The van der Waals surface area contributed by atoms with E-state index in [2.05, 4.69) is 10.4 Å². The molecule has 0 radical (unpaired) electrons. The van der Waals surface area contributed by atoms with Crippen LogP contribution in [0.3, 0.4) is 0 Å². The lowest BCUT2D eigenvalue weighted by Crippen LogP contribution is -2.08. The van der Waals surface area contributed by atoms with Gasteiger partial charge in [0.1, 0.15) is 0 Å². The first kappa shape index (κ1) is 16.4. The predicted molar refractivity (Wildman–Crippen MR) is 97.7 cm³/mol. The van der Waals surface area contributed by atoms with E-state index in [0.717, 1.165) is 11.3 Å². The number of rotatable bonds is 5. The number of aromatic nitrogens is 2. The van der Waals surface area contributed by atoms with Crippen LogP contribution >= 0.6 is 0 Å². The molecule has 0 unspecified atom stereocenters. The van der Waals surface area contributed by atoms with Gasteiger partial charge in [-0.05, 0) is 37.3 Å². The largest absolute Gasteiger partial charge is 0.322 e. The number of para-hydroxylation sites is 1. The van der Waals surface area contributed by atoms with Crippen molar-refractivity contribution in [3.8, 4) is 5.69 Å². The molecule has 0 aliphatic rings. The summed E-state index contributed by atoms with van der Waals surface area (Å²) in [4.78, 5) is 23.4. The molecular weight excluding hydrogens is 314 g/mol. The maximum Gasteiger partial charge on any atom is 0.248 e. The number of ketones is 1. The van der Waals surface area contributed by atoms with Crippen LogP contribution in [0, 0.1) is 0 Å². The third kappa shape index (κ3) is 4.29. The van der Waals surface area contributed by atoms with Gasteiger partial charge in [0, 0.05) is 29.1 Å². The van der Waals surface area contributed by atoms with Crippen molar-refractivity contribution in [1.82, 2.24) is 9.78 Å². The van der Waals surface area contributed by atoms with Crippen molar-refractivity contribution in [2.24, 2.45) is 0 Å². The molecular formula is C20H17N3O2. The summed E-state index contributed by atoms with van der Waals surface area (Å²) in [6.45, 7) is 1.49. The average molecular weight is 331 g/mol. The van der Waals surface area contributed by atoms with E-state index in [4.69, 9.17) is 0 Å². The summed E-state index contributed by atoms with van der Waals surface area (Å²) in [5.41, 5.74) is 2.91. The summed E-state index contributed by atoms with van der Waals surface area (Å²) in [5, 5.41) is 7.02. The van der Waals surface area contributed by atoms with Crippen LogP contribution in [0.1, 0.15) is 22.8 Å². The molecule has 124 valence electrons. The zero-order valence-electron chi connectivity index (χ0n) is 13.7. The Hall–Kier alpha value is -3.47. The summed E-state index contributed by atoms with van der Waals surface area (Å²) >= 11 is 0. The Kier molecular flexibility index (Phi) is 4.85. The quantitative estimate of drug-likeness (QED) is 0.572. The van der Waals surface area contributed by atoms with E-state index in [-0.39, 0.29) is 11.7 Å². The van der Waals surface area contributed by atoms with E-state index in [1.807, 2.05) is 36.5 Å². The molecule has 2 aromatic carbocycles. The highest BCUT2D eigenvalue weighted by atomic mass is 16.1. The van der Waals surface area contributed by atoms with Gasteiger partial charge < -0.3 is 5.32 Å². The molecule has 1 heterocycles. The number of amides is 1. The highest BCUT2D eigenvalue weighted by Gasteiger charge is 2.03. The van der Waals surface area contributed by atoms with Crippen molar-refractivity contribution >= 4 is 23.5 Å². The number of carbonyl (C=O) groups is 2. The Morgan fingerprint density at radius 3 is 2.64 bits per heavy atom. The molecule has 0 saturated carbocycles. The summed E-state index contributed by atoms with van der Waals surface area (Å²) in [5.74, 6) is -0.312. The highest BCUT2D eigenvalue weighted by Crippen LogP contribution is 2.12. The van der Waals surface area contributed by atoms with E-state index in [1.54, 1.807) is 41.2 Å². The summed E-state index contributed by atoms with van der Waals surface area (Å²) in [7, 11) is 0. The average Bonchev–Trinajstić information content (AvgIpc) is 3.10. The molecule has 0 bridgehead atoms. The second-order valence-electron chi connectivity index (χ2n) is 5.51. The van der Waals surface area contributed by atoms with Gasteiger partial charge in [-0.1, -0.05) is 30.3 Å². The highest BCUT2D eigenvalue weighted by molar-refractivity contribution is 6.03. The Morgan fingerprint density at radius 2 is 1.88 bits per heavy atom. The number of anilines is 1. The molecule has 1 amide bonds. The van der Waals surface area contributed by atoms with Gasteiger partial charge in [0.25, 0.3) is 0 Å². The maximum atomic E-state index is 12.0. The molecule has 0 atom stereocenters. The minimum atomic E-state index is -0.270. The summed E-state index contributed by atoms with van der Waals surface area (Å²) < 4.78 is 1.74. The van der Waals surface area contributed by atoms with Gasteiger partial charge in [0.05, 0.1) is 11.9 Å². The molecule has 0 aliphatic heterocycles. The molecule has 0 saturated heterocycles. The van der Waals surface area contributed by atoms with Gasteiger partial charge in [-0.25, -0.2) is 4.68 Å². The third-order valence-corrected chi connectivity index (χ3v) is 3.59. The fourth-order valence-corrected chi connectivity index (χ4v) is 2.32.